The second kappa shape index (κ2) is 13.4. The summed E-state index contributed by atoms with van der Waals surface area (Å²) in [5, 5.41) is 4.49. The first kappa shape index (κ1) is 31.5. The molecule has 10 aromatic rings. The summed E-state index contributed by atoms with van der Waals surface area (Å²) >= 11 is 0. The number of nitrogens with zero attached hydrogens (tertiary/aromatic N) is 2. The van der Waals surface area contributed by atoms with Gasteiger partial charge in [-0.05, 0) is 105 Å². The van der Waals surface area contributed by atoms with Gasteiger partial charge in [-0.1, -0.05) is 146 Å². The molecule has 0 saturated carbocycles. The third-order valence-electron chi connectivity index (χ3n) is 10.2. The Hall–Kier alpha value is -7.23. The van der Waals surface area contributed by atoms with Gasteiger partial charge in [0.05, 0.1) is 0 Å². The van der Waals surface area contributed by atoms with Crippen LogP contribution in [0.2, 0.25) is 0 Å². The molecule has 0 aliphatic heterocycles. The van der Waals surface area contributed by atoms with Crippen molar-refractivity contribution in [2.24, 2.45) is 0 Å². The average Bonchev–Trinajstić information content (AvgIpc) is 3.71. The number of fused-ring (bicyclic) bond motifs is 4. The molecule has 0 aliphatic carbocycles. The molecule has 0 N–H and O–H groups in total. The Morgan fingerprint density at radius 1 is 0.352 bits per heavy atom. The topological polar surface area (TPSA) is 29.3 Å². The maximum absolute atomic E-state index is 6.50. The van der Waals surface area contributed by atoms with E-state index in [4.69, 9.17) is 9.40 Å². The van der Waals surface area contributed by atoms with E-state index in [0.29, 0.717) is 5.89 Å². The van der Waals surface area contributed by atoms with Crippen molar-refractivity contribution in [3.63, 3.8) is 0 Å². The van der Waals surface area contributed by atoms with Gasteiger partial charge in [0.25, 0.3) is 0 Å². The van der Waals surface area contributed by atoms with Crippen LogP contribution in [0.15, 0.2) is 211 Å². The standard InChI is InChI=1S/C51H34N2O/c1-4-13-35(14-5-1)37-25-28-44(29-26-37)53(45-21-12-20-39(32-45)36-15-6-2-7-16-36)46-30-27-40-31-43(24-23-41(40)33-46)48-34-42-19-10-11-22-47(42)50-49(48)52-51(54-50)38-17-8-3-9-18-38/h1-34H. The minimum atomic E-state index is 0.627. The number of oxazole rings is 1. The summed E-state index contributed by atoms with van der Waals surface area (Å²) in [7, 11) is 0. The van der Waals surface area contributed by atoms with Gasteiger partial charge in [-0.3, -0.25) is 0 Å². The van der Waals surface area contributed by atoms with Crippen molar-refractivity contribution in [2.75, 3.05) is 4.90 Å². The van der Waals surface area contributed by atoms with Gasteiger partial charge < -0.3 is 9.32 Å². The molecule has 0 aliphatic rings. The van der Waals surface area contributed by atoms with Crippen LogP contribution in [0, 0.1) is 0 Å². The van der Waals surface area contributed by atoms with Crippen LogP contribution in [0.3, 0.4) is 0 Å². The van der Waals surface area contributed by atoms with Gasteiger partial charge in [-0.25, -0.2) is 4.98 Å². The summed E-state index contributed by atoms with van der Waals surface area (Å²) in [5.74, 6) is 0.627. The highest BCUT2D eigenvalue weighted by Gasteiger charge is 2.18. The second-order valence-corrected chi connectivity index (χ2v) is 13.6. The van der Waals surface area contributed by atoms with Crippen LogP contribution in [0.25, 0.3) is 77.5 Å². The molecule has 0 bridgehead atoms. The van der Waals surface area contributed by atoms with Gasteiger partial charge >= 0.3 is 0 Å². The van der Waals surface area contributed by atoms with Crippen LogP contribution in [0.1, 0.15) is 0 Å². The van der Waals surface area contributed by atoms with Crippen LogP contribution in [-0.4, -0.2) is 4.98 Å². The van der Waals surface area contributed by atoms with Gasteiger partial charge in [0.2, 0.25) is 5.89 Å². The van der Waals surface area contributed by atoms with Crippen LogP contribution in [0.4, 0.5) is 17.1 Å². The van der Waals surface area contributed by atoms with E-state index in [1.54, 1.807) is 0 Å². The largest absolute Gasteiger partial charge is 0.435 e. The minimum Gasteiger partial charge on any atom is -0.435 e. The number of aromatic nitrogens is 1. The number of rotatable bonds is 7. The highest BCUT2D eigenvalue weighted by Crippen LogP contribution is 2.41. The molecule has 0 atom stereocenters. The van der Waals surface area contributed by atoms with E-state index in [9.17, 15) is 0 Å². The van der Waals surface area contributed by atoms with E-state index in [1.165, 1.54) is 22.3 Å². The Kier molecular flexibility index (Phi) is 7.81. The summed E-state index contributed by atoms with van der Waals surface area (Å²) in [5.41, 5.74) is 12.8. The number of hydrogen-bond donors (Lipinski definition) is 0. The SMILES string of the molecule is c1ccc(-c2ccc(N(c3cccc(-c4ccccc4)c3)c3ccc4cc(-c5cc6ccccc6c6oc(-c7ccccc7)nc56)ccc4c3)cc2)cc1. The van der Waals surface area contributed by atoms with Crippen molar-refractivity contribution in [1.82, 2.24) is 4.98 Å². The smallest absolute Gasteiger partial charge is 0.227 e. The van der Waals surface area contributed by atoms with E-state index < -0.39 is 0 Å². The third-order valence-corrected chi connectivity index (χ3v) is 10.2. The van der Waals surface area contributed by atoms with Crippen molar-refractivity contribution in [3.05, 3.63) is 206 Å². The van der Waals surface area contributed by atoms with E-state index >= 15 is 0 Å². The minimum absolute atomic E-state index is 0.627. The molecule has 3 nitrogen and oxygen atoms in total. The van der Waals surface area contributed by atoms with E-state index in [-0.39, 0.29) is 0 Å². The van der Waals surface area contributed by atoms with Crippen LogP contribution in [0.5, 0.6) is 0 Å². The molecule has 0 fully saturated rings. The highest BCUT2D eigenvalue weighted by atomic mass is 16.3. The molecule has 0 radical (unpaired) electrons. The average molecular weight is 691 g/mol. The Balaban J connectivity index is 1.08. The molecule has 0 spiro atoms. The first-order valence-corrected chi connectivity index (χ1v) is 18.3. The summed E-state index contributed by atoms with van der Waals surface area (Å²) < 4.78 is 6.50. The molecule has 54 heavy (non-hydrogen) atoms. The molecule has 0 saturated heterocycles. The first-order valence-electron chi connectivity index (χ1n) is 18.3. The Labute approximate surface area is 314 Å². The lowest BCUT2D eigenvalue weighted by atomic mass is 9.97. The summed E-state index contributed by atoms with van der Waals surface area (Å²) in [4.78, 5) is 7.42. The monoisotopic (exact) mass is 690 g/mol. The van der Waals surface area contributed by atoms with Crippen LogP contribution >= 0.6 is 0 Å². The van der Waals surface area contributed by atoms with Crippen molar-refractivity contribution in [3.8, 4) is 44.8 Å². The fourth-order valence-corrected chi connectivity index (χ4v) is 7.54. The first-order chi connectivity index (χ1) is 26.7. The maximum atomic E-state index is 6.50. The molecule has 1 aromatic heterocycles. The summed E-state index contributed by atoms with van der Waals surface area (Å²) in [6.07, 6.45) is 0. The van der Waals surface area contributed by atoms with Crippen molar-refractivity contribution < 1.29 is 4.42 Å². The number of hydrogen-bond acceptors (Lipinski definition) is 3. The molecule has 254 valence electrons. The zero-order chi connectivity index (χ0) is 35.8. The predicted molar refractivity (Wildman–Crippen MR) is 225 cm³/mol. The van der Waals surface area contributed by atoms with Gasteiger partial charge in [-0.2, -0.15) is 0 Å². The number of anilines is 3. The summed E-state index contributed by atoms with van der Waals surface area (Å²) in [6.45, 7) is 0. The highest BCUT2D eigenvalue weighted by molar-refractivity contribution is 6.11. The van der Waals surface area contributed by atoms with Crippen molar-refractivity contribution in [1.29, 1.82) is 0 Å². The Morgan fingerprint density at radius 2 is 0.907 bits per heavy atom. The molecular weight excluding hydrogens is 657 g/mol. The van der Waals surface area contributed by atoms with Crippen LogP contribution < -0.4 is 4.90 Å². The quantitative estimate of drug-likeness (QED) is 0.167. The van der Waals surface area contributed by atoms with Gasteiger partial charge in [0, 0.05) is 33.6 Å². The zero-order valence-electron chi connectivity index (χ0n) is 29.4. The molecule has 3 heteroatoms. The Morgan fingerprint density at radius 3 is 1.67 bits per heavy atom. The Bertz CT molecular complexity index is 2920. The second-order valence-electron chi connectivity index (χ2n) is 13.6. The molecule has 0 amide bonds. The predicted octanol–water partition coefficient (Wildman–Crippen LogP) is 14.3. The lowest BCUT2D eigenvalue weighted by molar-refractivity contribution is 0.623. The van der Waals surface area contributed by atoms with Crippen molar-refractivity contribution in [2.45, 2.75) is 0 Å². The third kappa shape index (κ3) is 5.78. The van der Waals surface area contributed by atoms with E-state index in [2.05, 4.69) is 181 Å². The molecule has 1 heterocycles. The molecular formula is C51H34N2O. The van der Waals surface area contributed by atoms with Gasteiger partial charge in [0.15, 0.2) is 5.58 Å². The fraction of sp³-hybridized carbons (Fsp3) is 0. The summed E-state index contributed by atoms with van der Waals surface area (Å²) in [6, 6.07) is 73.0. The van der Waals surface area contributed by atoms with E-state index in [1.807, 2.05) is 30.3 Å². The van der Waals surface area contributed by atoms with Crippen molar-refractivity contribution >= 4 is 49.7 Å². The molecule has 9 aromatic carbocycles. The fourth-order valence-electron chi connectivity index (χ4n) is 7.54. The molecule has 0 unspecified atom stereocenters. The number of benzene rings is 9. The van der Waals surface area contributed by atoms with Gasteiger partial charge in [-0.15, -0.1) is 0 Å². The maximum Gasteiger partial charge on any atom is 0.227 e. The van der Waals surface area contributed by atoms with E-state index in [0.717, 1.165) is 66.4 Å². The molecule has 10 rings (SSSR count). The zero-order valence-corrected chi connectivity index (χ0v) is 29.4. The van der Waals surface area contributed by atoms with Gasteiger partial charge in [0.1, 0.15) is 5.52 Å². The lowest BCUT2D eigenvalue weighted by Crippen LogP contribution is -2.10. The lowest BCUT2D eigenvalue weighted by Gasteiger charge is -2.26. The van der Waals surface area contributed by atoms with Crippen LogP contribution in [-0.2, 0) is 0 Å². The normalized spacial score (nSPS) is 11.3.